The summed E-state index contributed by atoms with van der Waals surface area (Å²) in [5.41, 5.74) is 2.58. The van der Waals surface area contributed by atoms with Gasteiger partial charge >= 0.3 is 0 Å². The number of hydrogen-bond acceptors (Lipinski definition) is 5. The third-order valence-corrected chi connectivity index (χ3v) is 6.21. The molecule has 2 heterocycles. The molecule has 1 aliphatic rings. The Hall–Kier alpha value is -2.38. The summed E-state index contributed by atoms with van der Waals surface area (Å²) in [7, 11) is -3.65. The molecule has 0 spiro atoms. The fraction of sp³-hybridized carbons (Fsp3) is 0.278. The number of rotatable bonds is 4. The molecule has 2 aromatic carbocycles. The standard InChI is InChI=1S/C18H18N2O4S/c21-11-13-9-14-5-1-3-7-17(14)20(10-13)25(22,23)12-16-15-6-2-4-8-18(15)24-19-16/h1-8,13,21H,9-12H2. The molecule has 1 aromatic heterocycles. The Morgan fingerprint density at radius 2 is 1.92 bits per heavy atom. The lowest BCUT2D eigenvalue weighted by molar-refractivity contribution is 0.227. The second-order valence-corrected chi connectivity index (χ2v) is 8.19. The maximum Gasteiger partial charge on any atom is 0.241 e. The molecule has 0 aliphatic carbocycles. The van der Waals surface area contributed by atoms with Crippen LogP contribution in [0.3, 0.4) is 0 Å². The van der Waals surface area contributed by atoms with Gasteiger partial charge in [0.1, 0.15) is 11.4 Å². The molecule has 0 amide bonds. The minimum Gasteiger partial charge on any atom is -0.396 e. The number of benzene rings is 2. The van der Waals surface area contributed by atoms with Crippen LogP contribution in [0.4, 0.5) is 5.69 Å². The molecular formula is C18H18N2O4S. The molecule has 0 radical (unpaired) electrons. The Kier molecular flexibility index (Phi) is 3.97. The maximum absolute atomic E-state index is 13.1. The normalized spacial score (nSPS) is 17.6. The van der Waals surface area contributed by atoms with E-state index >= 15 is 0 Å². The van der Waals surface area contributed by atoms with Crippen LogP contribution < -0.4 is 4.31 Å². The zero-order valence-electron chi connectivity index (χ0n) is 13.5. The number of para-hydroxylation sites is 2. The molecular weight excluding hydrogens is 340 g/mol. The summed E-state index contributed by atoms with van der Waals surface area (Å²) in [5, 5.41) is 14.2. The molecule has 1 unspecified atom stereocenters. The average Bonchev–Trinajstić information content (AvgIpc) is 3.03. The molecule has 0 saturated carbocycles. The van der Waals surface area contributed by atoms with Crippen LogP contribution >= 0.6 is 0 Å². The van der Waals surface area contributed by atoms with Gasteiger partial charge in [0, 0.05) is 24.5 Å². The fourth-order valence-electron chi connectivity index (χ4n) is 3.31. The summed E-state index contributed by atoms with van der Waals surface area (Å²) in [6.45, 7) is 0.221. The summed E-state index contributed by atoms with van der Waals surface area (Å²) >= 11 is 0. The van der Waals surface area contributed by atoms with Gasteiger partial charge in [0.15, 0.2) is 5.58 Å². The molecule has 4 rings (SSSR count). The number of aromatic nitrogens is 1. The number of fused-ring (bicyclic) bond motifs is 2. The van der Waals surface area contributed by atoms with Gasteiger partial charge in [-0.15, -0.1) is 0 Å². The summed E-state index contributed by atoms with van der Waals surface area (Å²) in [6, 6.07) is 14.6. The van der Waals surface area contributed by atoms with Gasteiger partial charge in [0.05, 0.1) is 5.69 Å². The van der Waals surface area contributed by atoms with Crippen LogP contribution in [0.15, 0.2) is 53.1 Å². The minimum atomic E-state index is -3.65. The topological polar surface area (TPSA) is 83.6 Å². The maximum atomic E-state index is 13.1. The first kappa shape index (κ1) is 16.1. The highest BCUT2D eigenvalue weighted by atomic mass is 32.2. The van der Waals surface area contributed by atoms with E-state index in [-0.39, 0.29) is 24.8 Å². The number of aliphatic hydroxyl groups excluding tert-OH is 1. The van der Waals surface area contributed by atoms with Gasteiger partial charge in [-0.25, -0.2) is 8.42 Å². The molecule has 130 valence electrons. The van der Waals surface area contributed by atoms with Crippen molar-refractivity contribution in [2.75, 3.05) is 17.5 Å². The van der Waals surface area contributed by atoms with Crippen LogP contribution in [0, 0.1) is 5.92 Å². The van der Waals surface area contributed by atoms with E-state index in [1.54, 1.807) is 18.2 Å². The number of sulfonamides is 1. The van der Waals surface area contributed by atoms with Gasteiger partial charge in [0.2, 0.25) is 10.0 Å². The van der Waals surface area contributed by atoms with Crippen molar-refractivity contribution in [3.63, 3.8) is 0 Å². The van der Waals surface area contributed by atoms with E-state index < -0.39 is 10.0 Å². The van der Waals surface area contributed by atoms with E-state index in [0.717, 1.165) is 5.56 Å². The van der Waals surface area contributed by atoms with E-state index in [2.05, 4.69) is 5.16 Å². The van der Waals surface area contributed by atoms with Crippen molar-refractivity contribution in [3.05, 3.63) is 59.8 Å². The molecule has 3 aromatic rings. The lowest BCUT2D eigenvalue weighted by Crippen LogP contribution is -2.41. The summed E-state index contributed by atoms with van der Waals surface area (Å²) in [6.07, 6.45) is 0.672. The van der Waals surface area contributed by atoms with Crippen LogP contribution in [0.5, 0.6) is 0 Å². The average molecular weight is 358 g/mol. The van der Waals surface area contributed by atoms with Crippen molar-refractivity contribution in [2.45, 2.75) is 12.2 Å². The van der Waals surface area contributed by atoms with Crippen LogP contribution in [0.25, 0.3) is 11.0 Å². The van der Waals surface area contributed by atoms with Gasteiger partial charge in [-0.1, -0.05) is 35.5 Å². The van der Waals surface area contributed by atoms with Gasteiger partial charge in [-0.2, -0.15) is 0 Å². The predicted octanol–water partition coefficient (Wildman–Crippen LogP) is 2.33. The lowest BCUT2D eigenvalue weighted by Gasteiger charge is -2.34. The Morgan fingerprint density at radius 1 is 1.16 bits per heavy atom. The lowest BCUT2D eigenvalue weighted by atomic mass is 9.95. The van der Waals surface area contributed by atoms with Crippen molar-refractivity contribution in [1.29, 1.82) is 0 Å². The highest BCUT2D eigenvalue weighted by Gasteiger charge is 2.32. The first-order chi connectivity index (χ1) is 12.1. The van der Waals surface area contributed by atoms with Crippen molar-refractivity contribution in [2.24, 2.45) is 5.92 Å². The fourth-order valence-corrected chi connectivity index (χ4v) is 4.94. The van der Waals surface area contributed by atoms with Gasteiger partial charge in [-0.3, -0.25) is 4.31 Å². The molecule has 1 N–H and O–H groups in total. The molecule has 0 saturated heterocycles. The van der Waals surface area contributed by atoms with E-state index in [1.165, 1.54) is 4.31 Å². The Labute approximate surface area is 145 Å². The van der Waals surface area contributed by atoms with Crippen LogP contribution in [-0.4, -0.2) is 31.8 Å². The molecule has 6 nitrogen and oxygen atoms in total. The minimum absolute atomic E-state index is 0.0484. The van der Waals surface area contributed by atoms with Crippen molar-refractivity contribution >= 4 is 26.7 Å². The Bertz CT molecular complexity index is 1010. The van der Waals surface area contributed by atoms with Crippen LogP contribution in [-0.2, 0) is 22.2 Å². The van der Waals surface area contributed by atoms with Gasteiger partial charge in [-0.05, 0) is 30.2 Å². The smallest absolute Gasteiger partial charge is 0.241 e. The second-order valence-electron chi connectivity index (χ2n) is 6.29. The molecule has 7 heteroatoms. The zero-order valence-corrected chi connectivity index (χ0v) is 14.3. The summed E-state index contributed by atoms with van der Waals surface area (Å²) in [5.74, 6) is -0.352. The SMILES string of the molecule is O=S(=O)(Cc1noc2ccccc12)N1CC(CO)Cc2ccccc21. The van der Waals surface area contributed by atoms with Gasteiger partial charge in [0.25, 0.3) is 0 Å². The van der Waals surface area contributed by atoms with Crippen LogP contribution in [0.2, 0.25) is 0 Å². The number of anilines is 1. The van der Waals surface area contributed by atoms with E-state index in [1.807, 2.05) is 30.3 Å². The number of nitrogens with zero attached hydrogens (tertiary/aromatic N) is 2. The first-order valence-corrected chi connectivity index (χ1v) is 9.72. The zero-order chi connectivity index (χ0) is 17.4. The molecule has 1 atom stereocenters. The monoisotopic (exact) mass is 358 g/mol. The van der Waals surface area contributed by atoms with Gasteiger partial charge < -0.3 is 9.63 Å². The quantitative estimate of drug-likeness (QED) is 0.774. The summed E-state index contributed by atoms with van der Waals surface area (Å²) < 4.78 is 32.8. The van der Waals surface area contributed by atoms with E-state index in [9.17, 15) is 13.5 Å². The highest BCUT2D eigenvalue weighted by Crippen LogP contribution is 2.33. The van der Waals surface area contributed by atoms with Crippen molar-refractivity contribution in [3.8, 4) is 0 Å². The van der Waals surface area contributed by atoms with E-state index in [0.29, 0.717) is 28.8 Å². The van der Waals surface area contributed by atoms with Crippen LogP contribution in [0.1, 0.15) is 11.3 Å². The van der Waals surface area contributed by atoms with Crippen molar-refractivity contribution < 1.29 is 18.0 Å². The highest BCUT2D eigenvalue weighted by molar-refractivity contribution is 7.92. The predicted molar refractivity (Wildman–Crippen MR) is 94.7 cm³/mol. The third kappa shape index (κ3) is 2.89. The number of aliphatic hydroxyl groups is 1. The summed E-state index contributed by atoms with van der Waals surface area (Å²) in [4.78, 5) is 0. The van der Waals surface area contributed by atoms with Crippen molar-refractivity contribution in [1.82, 2.24) is 5.16 Å². The first-order valence-electron chi connectivity index (χ1n) is 8.11. The third-order valence-electron chi connectivity index (χ3n) is 4.56. The molecule has 1 aliphatic heterocycles. The molecule has 0 fully saturated rings. The molecule has 25 heavy (non-hydrogen) atoms. The number of hydrogen-bond donors (Lipinski definition) is 1. The molecule has 0 bridgehead atoms. The Balaban J connectivity index is 1.72. The largest absolute Gasteiger partial charge is 0.396 e. The Morgan fingerprint density at radius 3 is 2.76 bits per heavy atom. The second kappa shape index (κ2) is 6.16. The van der Waals surface area contributed by atoms with E-state index in [4.69, 9.17) is 4.52 Å².